The van der Waals surface area contributed by atoms with Gasteiger partial charge in [-0.25, -0.2) is 0 Å². The van der Waals surface area contributed by atoms with Crippen LogP contribution in [-0.2, 0) is 0 Å². The van der Waals surface area contributed by atoms with Gasteiger partial charge in [0.15, 0.2) is 0 Å². The summed E-state index contributed by atoms with van der Waals surface area (Å²) in [4.78, 5) is 0. The van der Waals surface area contributed by atoms with E-state index in [2.05, 4.69) is 28.2 Å². The van der Waals surface area contributed by atoms with Gasteiger partial charge >= 0.3 is 0 Å². The van der Waals surface area contributed by atoms with Crippen LogP contribution < -0.4 is 0 Å². The second-order valence-corrected chi connectivity index (χ2v) is 5.91. The molecule has 6 heteroatoms. The lowest BCUT2D eigenvalue weighted by atomic mass is 10.2. The fraction of sp³-hybridized carbons (Fsp3) is 0.417. The van der Waals surface area contributed by atoms with E-state index >= 15 is 0 Å². The SMILES string of the molecule is SCC1(CSc2nnnn2-c2ccccc2)CC1. The molecule has 0 N–H and O–H groups in total. The van der Waals surface area contributed by atoms with Crippen LogP contribution in [0.1, 0.15) is 12.8 Å². The van der Waals surface area contributed by atoms with Crippen molar-refractivity contribution in [1.82, 2.24) is 20.2 Å². The standard InChI is InChI=1S/C12H14N4S2/c17-8-12(6-7-12)9-18-11-13-14-15-16(11)10-4-2-1-3-5-10/h1-5,17H,6-9H2. The number of thioether (sulfide) groups is 1. The second-order valence-electron chi connectivity index (χ2n) is 4.66. The minimum absolute atomic E-state index is 0.418. The van der Waals surface area contributed by atoms with E-state index in [1.807, 2.05) is 30.3 Å². The largest absolute Gasteiger partial charge is 0.214 e. The van der Waals surface area contributed by atoms with E-state index in [1.54, 1.807) is 16.4 Å². The van der Waals surface area contributed by atoms with Gasteiger partial charge in [-0.1, -0.05) is 30.0 Å². The molecule has 1 aliphatic rings. The predicted octanol–water partition coefficient (Wildman–Crippen LogP) is 2.46. The third-order valence-corrected chi connectivity index (χ3v) is 5.18. The average Bonchev–Trinajstić information content (AvgIpc) is 3.07. The lowest BCUT2D eigenvalue weighted by Gasteiger charge is -2.10. The summed E-state index contributed by atoms with van der Waals surface area (Å²) in [7, 11) is 0. The molecule has 0 radical (unpaired) electrons. The van der Waals surface area contributed by atoms with Crippen LogP contribution in [0.4, 0.5) is 0 Å². The smallest absolute Gasteiger partial charge is 0.188 e. The first-order chi connectivity index (χ1) is 8.83. The highest BCUT2D eigenvalue weighted by Crippen LogP contribution is 2.49. The Bertz CT molecular complexity index is 522. The van der Waals surface area contributed by atoms with Crippen LogP contribution in [0.2, 0.25) is 0 Å². The maximum Gasteiger partial charge on any atom is 0.214 e. The molecule has 0 spiro atoms. The quantitative estimate of drug-likeness (QED) is 0.674. The van der Waals surface area contributed by atoms with Crippen LogP contribution in [0.15, 0.2) is 35.5 Å². The summed E-state index contributed by atoms with van der Waals surface area (Å²) in [5.74, 6) is 2.00. The Labute approximate surface area is 116 Å². The maximum absolute atomic E-state index is 4.42. The molecule has 2 aromatic rings. The van der Waals surface area contributed by atoms with Crippen molar-refractivity contribution < 1.29 is 0 Å². The zero-order valence-electron chi connectivity index (χ0n) is 9.86. The van der Waals surface area contributed by atoms with Gasteiger partial charge in [0.25, 0.3) is 0 Å². The molecule has 0 atom stereocenters. The molecule has 0 unspecified atom stereocenters. The zero-order valence-corrected chi connectivity index (χ0v) is 11.6. The van der Waals surface area contributed by atoms with Crippen LogP contribution in [0.25, 0.3) is 5.69 Å². The molecule has 18 heavy (non-hydrogen) atoms. The van der Waals surface area contributed by atoms with Gasteiger partial charge in [-0.05, 0) is 46.6 Å². The third kappa shape index (κ3) is 2.40. The van der Waals surface area contributed by atoms with Crippen molar-refractivity contribution in [3.63, 3.8) is 0 Å². The highest BCUT2D eigenvalue weighted by Gasteiger charge is 2.41. The Morgan fingerprint density at radius 1 is 1.28 bits per heavy atom. The summed E-state index contributed by atoms with van der Waals surface area (Å²) >= 11 is 6.14. The number of rotatable bonds is 5. The van der Waals surface area contributed by atoms with Gasteiger partial charge in [-0.2, -0.15) is 17.3 Å². The zero-order chi connectivity index (χ0) is 12.4. The second kappa shape index (κ2) is 4.93. The molecule has 0 aliphatic heterocycles. The average molecular weight is 278 g/mol. The van der Waals surface area contributed by atoms with Crippen LogP contribution in [-0.4, -0.2) is 31.7 Å². The van der Waals surface area contributed by atoms with E-state index < -0.39 is 0 Å². The number of hydrogen-bond donors (Lipinski definition) is 1. The van der Waals surface area contributed by atoms with Gasteiger partial charge in [0.1, 0.15) is 0 Å². The van der Waals surface area contributed by atoms with E-state index in [-0.39, 0.29) is 0 Å². The number of thiol groups is 1. The molecule has 1 aromatic carbocycles. The van der Waals surface area contributed by atoms with Crippen molar-refractivity contribution in [3.05, 3.63) is 30.3 Å². The first-order valence-electron chi connectivity index (χ1n) is 5.90. The number of para-hydroxylation sites is 1. The lowest BCUT2D eigenvalue weighted by Crippen LogP contribution is -2.07. The fourth-order valence-corrected chi connectivity index (χ4v) is 3.51. The Kier molecular flexibility index (Phi) is 3.30. The summed E-state index contributed by atoms with van der Waals surface area (Å²) in [5.41, 5.74) is 1.42. The molecule has 1 saturated carbocycles. The molecular formula is C12H14N4S2. The summed E-state index contributed by atoms with van der Waals surface area (Å²) in [6, 6.07) is 9.97. The predicted molar refractivity (Wildman–Crippen MR) is 75.4 cm³/mol. The first kappa shape index (κ1) is 12.0. The molecule has 4 nitrogen and oxygen atoms in total. The molecule has 1 heterocycles. The number of nitrogens with zero attached hydrogens (tertiary/aromatic N) is 4. The van der Waals surface area contributed by atoms with Crippen LogP contribution >= 0.6 is 24.4 Å². The van der Waals surface area contributed by atoms with Crippen molar-refractivity contribution in [3.8, 4) is 5.69 Å². The molecular weight excluding hydrogens is 264 g/mol. The van der Waals surface area contributed by atoms with E-state index in [4.69, 9.17) is 0 Å². The molecule has 3 rings (SSSR count). The number of benzene rings is 1. The maximum atomic E-state index is 4.42. The topological polar surface area (TPSA) is 43.6 Å². The molecule has 1 fully saturated rings. The summed E-state index contributed by atoms with van der Waals surface area (Å²) in [6.07, 6.45) is 2.55. The molecule has 0 bridgehead atoms. The fourth-order valence-electron chi connectivity index (χ4n) is 1.74. The Hall–Kier alpha value is -1.01. The molecule has 0 saturated heterocycles. The normalized spacial score (nSPS) is 16.7. The van der Waals surface area contributed by atoms with Gasteiger partial charge in [-0.3, -0.25) is 0 Å². The van der Waals surface area contributed by atoms with Gasteiger partial charge in [0.2, 0.25) is 5.16 Å². The molecule has 1 aromatic heterocycles. The molecule has 0 amide bonds. The van der Waals surface area contributed by atoms with Crippen molar-refractivity contribution in [2.45, 2.75) is 18.0 Å². The third-order valence-electron chi connectivity index (χ3n) is 3.24. The lowest BCUT2D eigenvalue weighted by molar-refractivity contribution is 0.678. The van der Waals surface area contributed by atoms with Gasteiger partial charge in [-0.15, -0.1) is 5.10 Å². The van der Waals surface area contributed by atoms with Crippen molar-refractivity contribution in [1.29, 1.82) is 0 Å². The summed E-state index contributed by atoms with van der Waals surface area (Å²) in [6.45, 7) is 0. The van der Waals surface area contributed by atoms with Crippen LogP contribution in [0.3, 0.4) is 0 Å². The van der Waals surface area contributed by atoms with E-state index in [0.717, 1.165) is 22.3 Å². The van der Waals surface area contributed by atoms with Crippen molar-refractivity contribution in [2.24, 2.45) is 5.41 Å². The van der Waals surface area contributed by atoms with Crippen LogP contribution in [0, 0.1) is 5.41 Å². The highest BCUT2D eigenvalue weighted by molar-refractivity contribution is 7.99. The number of tetrazole rings is 1. The number of aromatic nitrogens is 4. The van der Waals surface area contributed by atoms with Gasteiger partial charge in [0, 0.05) is 5.75 Å². The highest BCUT2D eigenvalue weighted by atomic mass is 32.2. The van der Waals surface area contributed by atoms with Gasteiger partial charge in [0.05, 0.1) is 5.69 Å². The van der Waals surface area contributed by atoms with E-state index in [0.29, 0.717) is 5.41 Å². The monoisotopic (exact) mass is 278 g/mol. The molecule has 1 aliphatic carbocycles. The van der Waals surface area contributed by atoms with Crippen molar-refractivity contribution in [2.75, 3.05) is 11.5 Å². The Morgan fingerprint density at radius 3 is 2.72 bits per heavy atom. The van der Waals surface area contributed by atoms with Gasteiger partial charge < -0.3 is 0 Å². The summed E-state index contributed by atoms with van der Waals surface area (Å²) in [5, 5.41) is 12.8. The summed E-state index contributed by atoms with van der Waals surface area (Å²) < 4.78 is 1.79. The van der Waals surface area contributed by atoms with Crippen molar-refractivity contribution >= 4 is 24.4 Å². The Morgan fingerprint density at radius 2 is 2.06 bits per heavy atom. The number of hydrogen-bond acceptors (Lipinski definition) is 5. The van der Waals surface area contributed by atoms with E-state index in [1.165, 1.54) is 12.8 Å². The minimum atomic E-state index is 0.418. The first-order valence-corrected chi connectivity index (χ1v) is 7.52. The minimum Gasteiger partial charge on any atom is -0.188 e. The Balaban J connectivity index is 1.76. The van der Waals surface area contributed by atoms with Crippen LogP contribution in [0.5, 0.6) is 0 Å². The van der Waals surface area contributed by atoms with E-state index in [9.17, 15) is 0 Å². The molecule has 94 valence electrons.